The molecule has 2 aliphatic heterocycles. The lowest BCUT2D eigenvalue weighted by molar-refractivity contribution is -0.124. The fourth-order valence-corrected chi connectivity index (χ4v) is 4.53. The molecule has 6 nitrogen and oxygen atoms in total. The summed E-state index contributed by atoms with van der Waals surface area (Å²) in [4.78, 5) is 21.1. The molecule has 0 bridgehead atoms. The maximum absolute atomic E-state index is 12.9. The third-order valence-electron chi connectivity index (χ3n) is 5.20. The van der Waals surface area contributed by atoms with Gasteiger partial charge in [-0.05, 0) is 24.3 Å². The Hall–Kier alpha value is -1.70. The number of fused-ring (bicyclic) bond motifs is 1. The predicted octanol–water partition coefficient (Wildman–Crippen LogP) is 1.88. The summed E-state index contributed by atoms with van der Waals surface area (Å²) < 4.78 is 7.50. The third kappa shape index (κ3) is 3.49. The van der Waals surface area contributed by atoms with Crippen molar-refractivity contribution in [2.24, 2.45) is 7.05 Å². The molecule has 1 atom stereocenters. The van der Waals surface area contributed by atoms with Gasteiger partial charge in [-0.25, -0.2) is 4.98 Å². The number of rotatable bonds is 4. The first-order valence-electron chi connectivity index (χ1n) is 8.84. The Balaban J connectivity index is 1.51. The number of aromatic nitrogens is 2. The molecule has 25 heavy (non-hydrogen) atoms. The van der Waals surface area contributed by atoms with Gasteiger partial charge in [-0.2, -0.15) is 0 Å². The number of carbonyl (C=O) groups is 1. The van der Waals surface area contributed by atoms with Gasteiger partial charge in [0.05, 0.1) is 30.2 Å². The minimum atomic E-state index is -0.168. The van der Waals surface area contributed by atoms with E-state index in [1.807, 2.05) is 29.4 Å². The zero-order chi connectivity index (χ0) is 17.2. The number of amides is 1. The van der Waals surface area contributed by atoms with E-state index in [9.17, 15) is 4.79 Å². The van der Waals surface area contributed by atoms with Gasteiger partial charge in [0.25, 0.3) is 0 Å². The summed E-state index contributed by atoms with van der Waals surface area (Å²) in [5.41, 5.74) is 2.10. The standard InChI is InChI=1S/C18H24N4O2S/c1-21-12-20-16-11-22(13-4-6-24-7-5-13)10-15(17(16)21)18(23)19-9-14-3-2-8-25-14/h2-3,8,12-13,15H,4-7,9-11H2,1H3,(H,19,23). The van der Waals surface area contributed by atoms with E-state index < -0.39 is 0 Å². The molecule has 0 spiro atoms. The molecule has 2 aliphatic rings. The Morgan fingerprint density at radius 3 is 3.04 bits per heavy atom. The molecule has 1 amide bonds. The van der Waals surface area contributed by atoms with Gasteiger partial charge in [0, 0.05) is 44.3 Å². The Labute approximate surface area is 151 Å². The fourth-order valence-electron chi connectivity index (χ4n) is 3.88. The molecule has 1 saturated heterocycles. The lowest BCUT2D eigenvalue weighted by atomic mass is 9.94. The van der Waals surface area contributed by atoms with Gasteiger partial charge < -0.3 is 14.6 Å². The van der Waals surface area contributed by atoms with Crippen LogP contribution in [0.15, 0.2) is 23.8 Å². The first kappa shape index (κ1) is 16.8. The van der Waals surface area contributed by atoms with Crippen LogP contribution in [-0.4, -0.2) is 46.2 Å². The van der Waals surface area contributed by atoms with Crippen LogP contribution in [0.25, 0.3) is 0 Å². The second-order valence-corrected chi connectivity index (χ2v) is 7.84. The number of thiophene rings is 1. The van der Waals surface area contributed by atoms with Crippen LogP contribution < -0.4 is 5.32 Å². The van der Waals surface area contributed by atoms with E-state index in [-0.39, 0.29) is 11.8 Å². The molecule has 0 aromatic carbocycles. The van der Waals surface area contributed by atoms with E-state index in [0.29, 0.717) is 12.6 Å². The maximum atomic E-state index is 12.9. The molecule has 1 N–H and O–H groups in total. The van der Waals surface area contributed by atoms with Crippen LogP contribution in [0, 0.1) is 0 Å². The summed E-state index contributed by atoms with van der Waals surface area (Å²) in [6, 6.07) is 4.55. The van der Waals surface area contributed by atoms with Gasteiger partial charge in [-0.3, -0.25) is 9.69 Å². The number of nitrogens with one attached hydrogen (secondary N) is 1. The smallest absolute Gasteiger partial charge is 0.230 e. The van der Waals surface area contributed by atoms with Crippen molar-refractivity contribution in [3.05, 3.63) is 40.1 Å². The predicted molar refractivity (Wildman–Crippen MR) is 96.4 cm³/mol. The molecule has 4 rings (SSSR count). The summed E-state index contributed by atoms with van der Waals surface area (Å²) >= 11 is 1.67. The number of hydrogen-bond donors (Lipinski definition) is 1. The minimum absolute atomic E-state index is 0.0926. The number of nitrogens with zero attached hydrogens (tertiary/aromatic N) is 3. The van der Waals surface area contributed by atoms with Crippen molar-refractivity contribution in [2.75, 3.05) is 19.8 Å². The van der Waals surface area contributed by atoms with Crippen molar-refractivity contribution in [3.63, 3.8) is 0 Å². The number of hydrogen-bond acceptors (Lipinski definition) is 5. The number of imidazole rings is 1. The Kier molecular flexibility index (Phi) is 4.87. The highest BCUT2D eigenvalue weighted by Crippen LogP contribution is 2.31. The van der Waals surface area contributed by atoms with Crippen LogP contribution in [0.5, 0.6) is 0 Å². The molecule has 134 valence electrons. The van der Waals surface area contributed by atoms with Gasteiger partial charge in [0.2, 0.25) is 5.91 Å². The van der Waals surface area contributed by atoms with Gasteiger partial charge in [-0.1, -0.05) is 6.07 Å². The fraction of sp³-hybridized carbons (Fsp3) is 0.556. The normalized spacial score (nSPS) is 21.9. The monoisotopic (exact) mass is 360 g/mol. The summed E-state index contributed by atoms with van der Waals surface area (Å²) in [6.45, 7) is 3.80. The molecule has 7 heteroatoms. The molecular weight excluding hydrogens is 336 g/mol. The molecule has 2 aromatic rings. The molecule has 0 radical (unpaired) electrons. The highest BCUT2D eigenvalue weighted by Gasteiger charge is 2.36. The van der Waals surface area contributed by atoms with Crippen molar-refractivity contribution in [1.82, 2.24) is 19.8 Å². The largest absolute Gasteiger partial charge is 0.381 e. The zero-order valence-electron chi connectivity index (χ0n) is 14.5. The second kappa shape index (κ2) is 7.27. The molecule has 1 unspecified atom stereocenters. The van der Waals surface area contributed by atoms with Crippen LogP contribution in [0.3, 0.4) is 0 Å². The summed E-state index contributed by atoms with van der Waals surface area (Å²) in [5, 5.41) is 5.15. The molecule has 0 saturated carbocycles. The van der Waals surface area contributed by atoms with E-state index in [0.717, 1.165) is 50.5 Å². The highest BCUT2D eigenvalue weighted by atomic mass is 32.1. The van der Waals surface area contributed by atoms with Crippen LogP contribution in [0.2, 0.25) is 0 Å². The number of ether oxygens (including phenoxy) is 1. The number of carbonyl (C=O) groups excluding carboxylic acids is 1. The number of aryl methyl sites for hydroxylation is 1. The Morgan fingerprint density at radius 1 is 1.44 bits per heavy atom. The lowest BCUT2D eigenvalue weighted by Gasteiger charge is -2.39. The van der Waals surface area contributed by atoms with E-state index in [1.54, 1.807) is 11.3 Å². The third-order valence-corrected chi connectivity index (χ3v) is 6.08. The van der Waals surface area contributed by atoms with Crippen molar-refractivity contribution < 1.29 is 9.53 Å². The lowest BCUT2D eigenvalue weighted by Crippen LogP contribution is -2.47. The SMILES string of the molecule is Cn1cnc2c1C(C(=O)NCc1cccs1)CN(C1CCOCC1)C2. The Morgan fingerprint density at radius 2 is 2.28 bits per heavy atom. The quantitative estimate of drug-likeness (QED) is 0.904. The molecule has 2 aromatic heterocycles. The van der Waals surface area contributed by atoms with Gasteiger partial charge >= 0.3 is 0 Å². The van der Waals surface area contributed by atoms with Gasteiger partial charge in [-0.15, -0.1) is 11.3 Å². The maximum Gasteiger partial charge on any atom is 0.230 e. The van der Waals surface area contributed by atoms with Crippen LogP contribution in [0.1, 0.15) is 35.0 Å². The summed E-state index contributed by atoms with van der Waals surface area (Å²) in [7, 11) is 1.98. The first-order valence-corrected chi connectivity index (χ1v) is 9.72. The van der Waals surface area contributed by atoms with Gasteiger partial charge in [0.15, 0.2) is 0 Å². The van der Waals surface area contributed by atoms with E-state index in [1.165, 1.54) is 4.88 Å². The summed E-state index contributed by atoms with van der Waals surface area (Å²) in [6.07, 6.45) is 3.90. The summed E-state index contributed by atoms with van der Waals surface area (Å²) in [5.74, 6) is -0.0749. The zero-order valence-corrected chi connectivity index (χ0v) is 15.3. The van der Waals surface area contributed by atoms with Crippen LogP contribution in [-0.2, 0) is 29.7 Å². The van der Waals surface area contributed by atoms with Crippen molar-refractivity contribution in [2.45, 2.75) is 37.9 Å². The molecule has 1 fully saturated rings. The van der Waals surface area contributed by atoms with E-state index in [2.05, 4.69) is 21.3 Å². The van der Waals surface area contributed by atoms with Crippen molar-refractivity contribution in [3.8, 4) is 0 Å². The van der Waals surface area contributed by atoms with Gasteiger partial charge in [0.1, 0.15) is 0 Å². The average Bonchev–Trinajstić information content (AvgIpc) is 3.30. The van der Waals surface area contributed by atoms with E-state index in [4.69, 9.17) is 4.74 Å². The van der Waals surface area contributed by atoms with Crippen molar-refractivity contribution in [1.29, 1.82) is 0 Å². The topological polar surface area (TPSA) is 59.4 Å². The van der Waals surface area contributed by atoms with Crippen molar-refractivity contribution >= 4 is 17.2 Å². The average molecular weight is 360 g/mol. The van der Waals surface area contributed by atoms with Crippen LogP contribution in [0.4, 0.5) is 0 Å². The first-order chi connectivity index (χ1) is 12.2. The van der Waals surface area contributed by atoms with E-state index >= 15 is 0 Å². The highest BCUT2D eigenvalue weighted by molar-refractivity contribution is 7.09. The molecule has 4 heterocycles. The Bertz CT molecular complexity index is 722. The molecule has 0 aliphatic carbocycles. The minimum Gasteiger partial charge on any atom is -0.381 e. The second-order valence-electron chi connectivity index (χ2n) is 6.81. The van der Waals surface area contributed by atoms with Crippen LogP contribution >= 0.6 is 11.3 Å². The molecular formula is C18H24N4O2S.